The molecule has 6 heteroatoms. The van der Waals surface area contributed by atoms with Gasteiger partial charge in [-0.15, -0.1) is 0 Å². The van der Waals surface area contributed by atoms with Crippen molar-refractivity contribution in [1.82, 2.24) is 10.2 Å². The van der Waals surface area contributed by atoms with Crippen molar-refractivity contribution in [1.29, 1.82) is 0 Å². The van der Waals surface area contributed by atoms with E-state index in [1.807, 2.05) is 30.3 Å². The minimum atomic E-state index is -0.249. The number of carbonyl (C=O) groups excluding carboxylic acids is 1. The summed E-state index contributed by atoms with van der Waals surface area (Å²) in [6.07, 6.45) is 0.847. The van der Waals surface area contributed by atoms with Gasteiger partial charge in [-0.05, 0) is 59.5 Å². The average Bonchev–Trinajstić information content (AvgIpc) is 2.84. The summed E-state index contributed by atoms with van der Waals surface area (Å²) in [4.78, 5) is 15.0. The van der Waals surface area contributed by atoms with Crippen molar-refractivity contribution >= 4 is 5.91 Å². The second kappa shape index (κ2) is 9.83. The second-order valence-electron chi connectivity index (χ2n) is 7.84. The van der Waals surface area contributed by atoms with Crippen LogP contribution in [0.15, 0.2) is 66.7 Å². The predicted octanol–water partition coefficient (Wildman–Crippen LogP) is 4.37. The van der Waals surface area contributed by atoms with Gasteiger partial charge < -0.3 is 14.8 Å². The predicted molar refractivity (Wildman–Crippen MR) is 122 cm³/mol. The van der Waals surface area contributed by atoms with Gasteiger partial charge in [-0.2, -0.15) is 0 Å². The first kappa shape index (κ1) is 21.8. The van der Waals surface area contributed by atoms with Crippen molar-refractivity contribution in [3.8, 4) is 11.5 Å². The third kappa shape index (κ3) is 4.75. The van der Waals surface area contributed by atoms with Gasteiger partial charge in [-0.1, -0.05) is 30.3 Å². The van der Waals surface area contributed by atoms with Crippen LogP contribution in [0.1, 0.15) is 33.1 Å². The zero-order chi connectivity index (χ0) is 22.5. The number of nitrogens with zero attached hydrogens (tertiary/aromatic N) is 1. The van der Waals surface area contributed by atoms with Crippen LogP contribution in [0.25, 0.3) is 0 Å². The van der Waals surface area contributed by atoms with Crippen molar-refractivity contribution in [2.45, 2.75) is 19.0 Å². The zero-order valence-corrected chi connectivity index (χ0v) is 18.3. The monoisotopic (exact) mass is 434 g/mol. The van der Waals surface area contributed by atoms with E-state index in [0.717, 1.165) is 24.1 Å². The quantitative estimate of drug-likeness (QED) is 0.600. The van der Waals surface area contributed by atoms with Crippen LogP contribution in [0.5, 0.6) is 11.5 Å². The Bertz CT molecular complexity index is 1070. The van der Waals surface area contributed by atoms with E-state index < -0.39 is 0 Å². The van der Waals surface area contributed by atoms with Gasteiger partial charge in [0.15, 0.2) is 11.5 Å². The molecule has 0 aliphatic carbocycles. The van der Waals surface area contributed by atoms with Gasteiger partial charge in [0.1, 0.15) is 5.82 Å². The number of ether oxygens (including phenoxy) is 2. The number of benzene rings is 3. The second-order valence-corrected chi connectivity index (χ2v) is 7.84. The molecule has 0 bridgehead atoms. The van der Waals surface area contributed by atoms with E-state index in [9.17, 15) is 9.18 Å². The maximum absolute atomic E-state index is 13.4. The van der Waals surface area contributed by atoms with E-state index in [2.05, 4.69) is 10.2 Å². The third-order valence-electron chi connectivity index (χ3n) is 5.90. The van der Waals surface area contributed by atoms with Gasteiger partial charge in [0, 0.05) is 25.2 Å². The molecule has 1 N–H and O–H groups in total. The van der Waals surface area contributed by atoms with Crippen LogP contribution in [-0.4, -0.2) is 38.1 Å². The number of methoxy groups -OCH3 is 2. The first-order valence-corrected chi connectivity index (χ1v) is 10.7. The molecule has 166 valence electrons. The Morgan fingerprint density at radius 2 is 1.72 bits per heavy atom. The van der Waals surface area contributed by atoms with Crippen LogP contribution in [-0.2, 0) is 13.0 Å². The van der Waals surface area contributed by atoms with E-state index in [4.69, 9.17) is 9.47 Å². The lowest BCUT2D eigenvalue weighted by molar-refractivity contribution is 0.0925. The number of nitrogens with one attached hydrogen (secondary N) is 1. The highest BCUT2D eigenvalue weighted by molar-refractivity contribution is 5.94. The summed E-state index contributed by atoms with van der Waals surface area (Å²) in [7, 11) is 3.25. The maximum atomic E-state index is 13.4. The highest BCUT2D eigenvalue weighted by atomic mass is 19.1. The molecule has 1 aliphatic heterocycles. The molecule has 0 saturated carbocycles. The zero-order valence-electron chi connectivity index (χ0n) is 18.3. The molecule has 0 fully saturated rings. The van der Waals surface area contributed by atoms with Crippen LogP contribution in [0.4, 0.5) is 4.39 Å². The van der Waals surface area contributed by atoms with Crippen molar-refractivity contribution in [2.24, 2.45) is 0 Å². The summed E-state index contributed by atoms with van der Waals surface area (Å²) in [5, 5.41) is 3.09. The minimum Gasteiger partial charge on any atom is -0.493 e. The molecule has 1 atom stereocenters. The van der Waals surface area contributed by atoms with Crippen LogP contribution in [0, 0.1) is 5.82 Å². The molecule has 0 saturated heterocycles. The summed E-state index contributed by atoms with van der Waals surface area (Å²) in [5.41, 5.74) is 3.93. The summed E-state index contributed by atoms with van der Waals surface area (Å²) in [6.45, 7) is 1.91. The van der Waals surface area contributed by atoms with Crippen LogP contribution >= 0.6 is 0 Å². The molecule has 0 aromatic heterocycles. The minimum absolute atomic E-state index is 0.0590. The fourth-order valence-corrected chi connectivity index (χ4v) is 4.21. The average molecular weight is 435 g/mol. The molecule has 3 aromatic rings. The van der Waals surface area contributed by atoms with Crippen LogP contribution in [0.2, 0.25) is 0 Å². The number of hydrogen-bond donors (Lipinski definition) is 1. The lowest BCUT2D eigenvalue weighted by atomic mass is 9.91. The van der Waals surface area contributed by atoms with E-state index in [0.29, 0.717) is 30.2 Å². The molecule has 0 unspecified atom stereocenters. The Balaban J connectivity index is 1.62. The number of halogens is 1. The van der Waals surface area contributed by atoms with Gasteiger partial charge in [0.2, 0.25) is 0 Å². The van der Waals surface area contributed by atoms with E-state index >= 15 is 0 Å². The number of rotatable bonds is 7. The van der Waals surface area contributed by atoms with E-state index in [-0.39, 0.29) is 17.8 Å². The highest BCUT2D eigenvalue weighted by Gasteiger charge is 2.29. The Hall–Kier alpha value is -3.38. The summed E-state index contributed by atoms with van der Waals surface area (Å²) < 4.78 is 24.4. The Morgan fingerprint density at radius 1 is 1.03 bits per heavy atom. The fourth-order valence-electron chi connectivity index (χ4n) is 4.21. The lowest BCUT2D eigenvalue weighted by Crippen LogP contribution is -2.41. The van der Waals surface area contributed by atoms with Crippen LogP contribution < -0.4 is 14.8 Å². The van der Waals surface area contributed by atoms with Crippen LogP contribution in [0.3, 0.4) is 0 Å². The SMILES string of the molecule is COc1cc2c(cc1OC)[C@@H](CNC(=O)c1ccccc1)N(Cc1ccc(F)cc1)CC2. The largest absolute Gasteiger partial charge is 0.493 e. The van der Waals surface area contributed by atoms with Crippen molar-refractivity contribution in [3.05, 3.63) is 94.8 Å². The molecule has 3 aromatic carbocycles. The molecule has 4 rings (SSSR count). The maximum Gasteiger partial charge on any atom is 0.251 e. The van der Waals surface area contributed by atoms with Gasteiger partial charge in [-0.25, -0.2) is 4.39 Å². The first-order chi connectivity index (χ1) is 15.6. The van der Waals surface area contributed by atoms with Crippen molar-refractivity contribution in [2.75, 3.05) is 27.3 Å². The molecule has 1 aliphatic rings. The molecular weight excluding hydrogens is 407 g/mol. The smallest absolute Gasteiger partial charge is 0.251 e. The summed E-state index contributed by atoms with van der Waals surface area (Å²) in [6, 6.07) is 19.7. The summed E-state index contributed by atoms with van der Waals surface area (Å²) >= 11 is 0. The van der Waals surface area contributed by atoms with Gasteiger partial charge in [0.25, 0.3) is 5.91 Å². The summed E-state index contributed by atoms with van der Waals surface area (Å²) in [5.74, 6) is 1.00. The van der Waals surface area contributed by atoms with E-state index in [1.54, 1.807) is 38.5 Å². The number of hydrogen-bond acceptors (Lipinski definition) is 4. The van der Waals surface area contributed by atoms with E-state index in [1.165, 1.54) is 17.7 Å². The van der Waals surface area contributed by atoms with Crippen molar-refractivity contribution in [3.63, 3.8) is 0 Å². The first-order valence-electron chi connectivity index (χ1n) is 10.7. The molecular formula is C26H27FN2O3. The molecule has 1 heterocycles. The standard InChI is InChI=1S/C26H27FN2O3/c1-31-24-14-20-12-13-29(17-18-8-10-21(27)11-9-18)23(22(20)15-25(24)32-2)16-28-26(30)19-6-4-3-5-7-19/h3-11,14-15,23H,12-13,16-17H2,1-2H3,(H,28,30)/t23-/m1/s1. The molecule has 0 spiro atoms. The fraction of sp³-hybridized carbons (Fsp3) is 0.269. The molecule has 1 amide bonds. The number of carbonyl (C=O) groups is 1. The highest BCUT2D eigenvalue weighted by Crippen LogP contribution is 2.38. The van der Waals surface area contributed by atoms with Gasteiger partial charge in [0.05, 0.1) is 20.3 Å². The van der Waals surface area contributed by atoms with Crippen molar-refractivity contribution < 1.29 is 18.7 Å². The Kier molecular flexibility index (Phi) is 6.71. The molecule has 0 radical (unpaired) electrons. The normalized spacial score (nSPS) is 15.7. The topological polar surface area (TPSA) is 50.8 Å². The Labute approximate surface area is 187 Å². The molecule has 5 nitrogen and oxygen atoms in total. The van der Waals surface area contributed by atoms with Gasteiger partial charge >= 0.3 is 0 Å². The van der Waals surface area contributed by atoms with Gasteiger partial charge in [-0.3, -0.25) is 9.69 Å². The third-order valence-corrected chi connectivity index (χ3v) is 5.90. The lowest BCUT2D eigenvalue weighted by Gasteiger charge is -2.38. The number of fused-ring (bicyclic) bond motifs is 1. The molecule has 32 heavy (non-hydrogen) atoms. The number of amides is 1. The Morgan fingerprint density at radius 3 is 2.41 bits per heavy atom.